The maximum absolute atomic E-state index is 6.23. The topological polar surface area (TPSA) is 12.0 Å². The van der Waals surface area contributed by atoms with E-state index >= 15 is 0 Å². The van der Waals surface area contributed by atoms with Crippen LogP contribution in [0.2, 0.25) is 10.0 Å². The highest BCUT2D eigenvalue weighted by Gasteiger charge is 2.49. The van der Waals surface area contributed by atoms with Crippen molar-refractivity contribution < 1.29 is 0 Å². The summed E-state index contributed by atoms with van der Waals surface area (Å²) in [7, 11) is 2.03. The summed E-state index contributed by atoms with van der Waals surface area (Å²) in [6.07, 6.45) is 2.24. The van der Waals surface area contributed by atoms with E-state index in [-0.39, 0.29) is 0 Å². The van der Waals surface area contributed by atoms with Gasteiger partial charge in [0.1, 0.15) is 0 Å². The Morgan fingerprint density at radius 3 is 2.59 bits per heavy atom. The van der Waals surface area contributed by atoms with Crippen LogP contribution in [0.5, 0.6) is 0 Å². The van der Waals surface area contributed by atoms with Gasteiger partial charge < -0.3 is 5.32 Å². The molecule has 1 aliphatic carbocycles. The van der Waals surface area contributed by atoms with Crippen LogP contribution < -0.4 is 5.32 Å². The summed E-state index contributed by atoms with van der Waals surface area (Å²) in [5, 5.41) is 4.76. The Morgan fingerprint density at radius 1 is 1.41 bits per heavy atom. The van der Waals surface area contributed by atoms with Gasteiger partial charge in [-0.3, -0.25) is 0 Å². The van der Waals surface area contributed by atoms with Gasteiger partial charge in [0, 0.05) is 6.04 Å². The van der Waals surface area contributed by atoms with Crippen LogP contribution >= 0.6 is 23.2 Å². The monoisotopic (exact) mass is 271 g/mol. The molecule has 2 atom stereocenters. The number of hydrogen-bond donors (Lipinski definition) is 1. The quantitative estimate of drug-likeness (QED) is 0.867. The normalized spacial score (nSPS) is 23.5. The summed E-state index contributed by atoms with van der Waals surface area (Å²) in [6, 6.07) is 6.35. The van der Waals surface area contributed by atoms with Crippen LogP contribution in [0.15, 0.2) is 18.2 Å². The second-order valence-corrected chi connectivity index (χ2v) is 6.40. The molecule has 94 valence electrons. The smallest absolute Gasteiger partial charge is 0.0624 e. The molecule has 0 bridgehead atoms. The van der Waals surface area contributed by atoms with Crippen molar-refractivity contribution in [2.45, 2.75) is 32.7 Å². The first kappa shape index (κ1) is 13.2. The van der Waals surface area contributed by atoms with Gasteiger partial charge in [-0.1, -0.05) is 49.2 Å². The summed E-state index contributed by atoms with van der Waals surface area (Å²) < 4.78 is 0. The lowest BCUT2D eigenvalue weighted by Crippen LogP contribution is -2.31. The first-order chi connectivity index (χ1) is 7.95. The van der Waals surface area contributed by atoms with E-state index in [0.29, 0.717) is 21.5 Å². The summed E-state index contributed by atoms with van der Waals surface area (Å²) in [6.45, 7) is 4.64. The average Bonchev–Trinajstić information content (AvgIpc) is 2.90. The minimum absolute atomic E-state index is 0.471. The standard InChI is InChI=1S/C14H19Cl2N/c1-14(2)8-10(14)12(17-3)7-9-5-4-6-11(15)13(9)16/h4-6,10,12,17H,7-8H2,1-3H3. The van der Waals surface area contributed by atoms with Gasteiger partial charge in [0.2, 0.25) is 0 Å². The minimum Gasteiger partial charge on any atom is -0.316 e. The van der Waals surface area contributed by atoms with E-state index in [0.717, 1.165) is 17.9 Å². The van der Waals surface area contributed by atoms with Crippen LogP contribution in [0, 0.1) is 11.3 Å². The zero-order chi connectivity index (χ0) is 12.6. The van der Waals surface area contributed by atoms with Crippen LogP contribution in [0.1, 0.15) is 25.8 Å². The molecule has 1 nitrogen and oxygen atoms in total. The molecule has 0 aliphatic heterocycles. The number of likely N-dealkylation sites (N-methyl/N-ethyl adjacent to an activating group) is 1. The molecule has 1 aliphatic rings. The zero-order valence-electron chi connectivity index (χ0n) is 10.6. The predicted molar refractivity (Wildman–Crippen MR) is 74.9 cm³/mol. The Hall–Kier alpha value is -0.240. The van der Waals surface area contributed by atoms with Crippen molar-refractivity contribution >= 4 is 23.2 Å². The molecule has 3 heteroatoms. The van der Waals surface area contributed by atoms with Crippen LogP contribution in [0.25, 0.3) is 0 Å². The van der Waals surface area contributed by atoms with Crippen LogP contribution in [0.3, 0.4) is 0 Å². The summed E-state index contributed by atoms with van der Waals surface area (Å²) >= 11 is 12.3. The third-order valence-corrected chi connectivity index (χ3v) is 4.78. The van der Waals surface area contributed by atoms with E-state index in [1.807, 2.05) is 19.2 Å². The largest absolute Gasteiger partial charge is 0.316 e. The highest BCUT2D eigenvalue weighted by atomic mass is 35.5. The molecule has 1 saturated carbocycles. The third kappa shape index (κ3) is 2.78. The van der Waals surface area contributed by atoms with Crippen LogP contribution in [-0.4, -0.2) is 13.1 Å². The second-order valence-electron chi connectivity index (χ2n) is 5.61. The molecule has 1 aromatic carbocycles. The molecule has 0 heterocycles. The van der Waals surface area contributed by atoms with Crippen molar-refractivity contribution in [3.8, 4) is 0 Å². The number of hydrogen-bond acceptors (Lipinski definition) is 1. The second kappa shape index (κ2) is 4.79. The number of halogens is 2. The molecule has 0 radical (unpaired) electrons. The Bertz CT molecular complexity index is 415. The van der Waals surface area contributed by atoms with Gasteiger partial charge in [0.25, 0.3) is 0 Å². The van der Waals surface area contributed by atoms with Gasteiger partial charge in [-0.25, -0.2) is 0 Å². The third-order valence-electron chi connectivity index (χ3n) is 3.92. The fourth-order valence-corrected chi connectivity index (χ4v) is 2.98. The van der Waals surface area contributed by atoms with E-state index in [1.54, 1.807) is 0 Å². The number of rotatable bonds is 4. The van der Waals surface area contributed by atoms with Crippen molar-refractivity contribution in [3.05, 3.63) is 33.8 Å². The fraction of sp³-hybridized carbons (Fsp3) is 0.571. The van der Waals surface area contributed by atoms with Gasteiger partial charge in [0.15, 0.2) is 0 Å². The highest BCUT2D eigenvalue weighted by Crippen LogP contribution is 2.54. The van der Waals surface area contributed by atoms with E-state index < -0.39 is 0 Å². The number of nitrogens with one attached hydrogen (secondary N) is 1. The molecular formula is C14H19Cl2N. The van der Waals surface area contributed by atoms with Crippen molar-refractivity contribution in [2.75, 3.05) is 7.05 Å². The lowest BCUT2D eigenvalue weighted by atomic mass is 9.97. The van der Waals surface area contributed by atoms with Crippen molar-refractivity contribution in [1.29, 1.82) is 0 Å². The Labute approximate surface area is 114 Å². The van der Waals surface area contributed by atoms with Gasteiger partial charge in [-0.05, 0) is 42.9 Å². The van der Waals surface area contributed by atoms with Crippen LogP contribution in [-0.2, 0) is 6.42 Å². The molecule has 1 aromatic rings. The molecule has 0 saturated heterocycles. The highest BCUT2D eigenvalue weighted by molar-refractivity contribution is 6.42. The summed E-state index contributed by atoms with van der Waals surface area (Å²) in [4.78, 5) is 0. The summed E-state index contributed by atoms with van der Waals surface area (Å²) in [5.74, 6) is 0.738. The maximum Gasteiger partial charge on any atom is 0.0624 e. The van der Waals surface area contributed by atoms with Gasteiger partial charge in [0.05, 0.1) is 10.0 Å². The van der Waals surface area contributed by atoms with Crippen LogP contribution in [0.4, 0.5) is 0 Å². The first-order valence-electron chi connectivity index (χ1n) is 6.06. The lowest BCUT2D eigenvalue weighted by molar-refractivity contribution is 0.426. The average molecular weight is 272 g/mol. The molecule has 2 unspecified atom stereocenters. The molecule has 1 fully saturated rings. The first-order valence-corrected chi connectivity index (χ1v) is 6.81. The Kier molecular flexibility index (Phi) is 3.72. The predicted octanol–water partition coefficient (Wildman–Crippen LogP) is 4.17. The molecule has 0 spiro atoms. The molecular weight excluding hydrogens is 253 g/mol. The molecule has 0 amide bonds. The van der Waals surface area contributed by atoms with Crippen molar-refractivity contribution in [3.63, 3.8) is 0 Å². The van der Waals surface area contributed by atoms with E-state index in [4.69, 9.17) is 23.2 Å². The van der Waals surface area contributed by atoms with E-state index in [9.17, 15) is 0 Å². The Balaban J connectivity index is 2.11. The van der Waals surface area contributed by atoms with E-state index in [2.05, 4.69) is 25.2 Å². The summed E-state index contributed by atoms with van der Waals surface area (Å²) in [5.41, 5.74) is 1.61. The number of benzene rings is 1. The van der Waals surface area contributed by atoms with Crippen molar-refractivity contribution in [2.24, 2.45) is 11.3 Å². The van der Waals surface area contributed by atoms with Crippen molar-refractivity contribution in [1.82, 2.24) is 5.32 Å². The lowest BCUT2D eigenvalue weighted by Gasteiger charge is -2.19. The molecule has 17 heavy (non-hydrogen) atoms. The van der Waals surface area contributed by atoms with Gasteiger partial charge >= 0.3 is 0 Å². The van der Waals surface area contributed by atoms with Gasteiger partial charge in [-0.2, -0.15) is 0 Å². The van der Waals surface area contributed by atoms with Gasteiger partial charge in [-0.15, -0.1) is 0 Å². The SMILES string of the molecule is CNC(Cc1cccc(Cl)c1Cl)C1CC1(C)C. The van der Waals surface area contributed by atoms with E-state index in [1.165, 1.54) is 6.42 Å². The molecule has 1 N–H and O–H groups in total. The Morgan fingerprint density at radius 2 is 2.06 bits per heavy atom. The fourth-order valence-electron chi connectivity index (χ4n) is 2.58. The maximum atomic E-state index is 6.23. The molecule has 0 aromatic heterocycles. The molecule has 2 rings (SSSR count). The zero-order valence-corrected chi connectivity index (χ0v) is 12.1. The minimum atomic E-state index is 0.471.